The average molecular weight is 294 g/mol. The van der Waals surface area contributed by atoms with Gasteiger partial charge in [-0.2, -0.15) is 0 Å². The standard InChI is InChI=1S/C14H12F2N2OS/c1-8-9(2)20-14(17-8)18-13(19)7-6-10-11(15)4-3-5-12(10)16/h3-7H,1-2H3,(H,17,18,19)/b7-6+. The molecular formula is C14H12F2N2OS. The van der Waals surface area contributed by atoms with Crippen molar-refractivity contribution >= 4 is 28.5 Å². The molecule has 0 fully saturated rings. The van der Waals surface area contributed by atoms with Gasteiger partial charge in [0.05, 0.1) is 5.69 Å². The molecule has 0 saturated heterocycles. The fourth-order valence-corrected chi connectivity index (χ4v) is 2.32. The lowest BCUT2D eigenvalue weighted by atomic mass is 10.2. The number of amides is 1. The van der Waals surface area contributed by atoms with E-state index in [2.05, 4.69) is 10.3 Å². The van der Waals surface area contributed by atoms with E-state index in [1.54, 1.807) is 0 Å². The molecule has 6 heteroatoms. The molecule has 0 aliphatic heterocycles. The van der Waals surface area contributed by atoms with Crippen LogP contribution in [0, 0.1) is 25.5 Å². The van der Waals surface area contributed by atoms with E-state index in [1.807, 2.05) is 13.8 Å². The number of aromatic nitrogens is 1. The lowest BCUT2D eigenvalue weighted by Crippen LogP contribution is -2.07. The summed E-state index contributed by atoms with van der Waals surface area (Å²) in [5.74, 6) is -1.91. The van der Waals surface area contributed by atoms with Gasteiger partial charge < -0.3 is 0 Å². The Morgan fingerprint density at radius 3 is 2.50 bits per heavy atom. The predicted molar refractivity (Wildman–Crippen MR) is 75.6 cm³/mol. The number of hydrogen-bond donors (Lipinski definition) is 1. The maximum Gasteiger partial charge on any atom is 0.250 e. The van der Waals surface area contributed by atoms with Crippen molar-refractivity contribution in [3.63, 3.8) is 0 Å². The SMILES string of the molecule is Cc1nc(NC(=O)/C=C/c2c(F)cccc2F)sc1C. The third-order valence-electron chi connectivity index (χ3n) is 2.66. The van der Waals surface area contributed by atoms with E-state index >= 15 is 0 Å². The van der Waals surface area contributed by atoms with E-state index < -0.39 is 17.5 Å². The number of benzene rings is 1. The van der Waals surface area contributed by atoms with Crippen molar-refractivity contribution in [2.24, 2.45) is 0 Å². The molecule has 0 spiro atoms. The molecule has 0 saturated carbocycles. The van der Waals surface area contributed by atoms with Gasteiger partial charge in [-0.1, -0.05) is 6.07 Å². The van der Waals surface area contributed by atoms with E-state index in [9.17, 15) is 13.6 Å². The zero-order valence-electron chi connectivity index (χ0n) is 10.9. The Morgan fingerprint density at radius 2 is 1.95 bits per heavy atom. The van der Waals surface area contributed by atoms with Crippen LogP contribution in [0.2, 0.25) is 0 Å². The summed E-state index contributed by atoms with van der Waals surface area (Å²) in [6.45, 7) is 3.74. The second kappa shape index (κ2) is 5.92. The van der Waals surface area contributed by atoms with Crippen molar-refractivity contribution in [2.75, 3.05) is 5.32 Å². The smallest absolute Gasteiger partial charge is 0.250 e. The molecule has 2 aromatic rings. The Balaban J connectivity index is 2.10. The van der Waals surface area contributed by atoms with E-state index in [4.69, 9.17) is 0 Å². The number of hydrogen-bond acceptors (Lipinski definition) is 3. The van der Waals surface area contributed by atoms with Crippen LogP contribution in [0.4, 0.5) is 13.9 Å². The molecule has 1 N–H and O–H groups in total. The third kappa shape index (κ3) is 3.27. The van der Waals surface area contributed by atoms with Gasteiger partial charge in [0.2, 0.25) is 5.91 Å². The number of rotatable bonds is 3. The summed E-state index contributed by atoms with van der Waals surface area (Å²) in [6.07, 6.45) is 2.18. The number of carbonyl (C=O) groups is 1. The first kappa shape index (κ1) is 14.3. The van der Waals surface area contributed by atoms with Gasteiger partial charge in [-0.15, -0.1) is 11.3 Å². The molecule has 1 heterocycles. The summed E-state index contributed by atoms with van der Waals surface area (Å²) in [5.41, 5.74) is 0.601. The molecule has 1 aromatic heterocycles. The molecule has 20 heavy (non-hydrogen) atoms. The van der Waals surface area contributed by atoms with Gasteiger partial charge in [0.15, 0.2) is 5.13 Å². The van der Waals surface area contributed by atoms with Crippen LogP contribution in [0.1, 0.15) is 16.1 Å². The summed E-state index contributed by atoms with van der Waals surface area (Å²) in [7, 11) is 0. The van der Waals surface area contributed by atoms with Gasteiger partial charge in [-0.05, 0) is 32.1 Å². The van der Waals surface area contributed by atoms with E-state index in [0.717, 1.165) is 34.9 Å². The fraction of sp³-hybridized carbons (Fsp3) is 0.143. The minimum absolute atomic E-state index is 0.242. The van der Waals surface area contributed by atoms with Gasteiger partial charge in [-0.3, -0.25) is 10.1 Å². The minimum atomic E-state index is -0.713. The summed E-state index contributed by atoms with van der Waals surface area (Å²) >= 11 is 1.35. The summed E-state index contributed by atoms with van der Waals surface area (Å²) in [4.78, 5) is 16.8. The Morgan fingerprint density at radius 1 is 1.30 bits per heavy atom. The Hall–Kier alpha value is -2.08. The third-order valence-corrected chi connectivity index (χ3v) is 3.65. The average Bonchev–Trinajstić information content (AvgIpc) is 2.67. The second-order valence-electron chi connectivity index (χ2n) is 4.12. The normalized spacial score (nSPS) is 11.0. The Bertz CT molecular complexity index is 640. The predicted octanol–water partition coefficient (Wildman–Crippen LogP) is 3.69. The highest BCUT2D eigenvalue weighted by atomic mass is 32.1. The maximum atomic E-state index is 13.4. The van der Waals surface area contributed by atoms with Crippen molar-refractivity contribution < 1.29 is 13.6 Å². The topological polar surface area (TPSA) is 42.0 Å². The van der Waals surface area contributed by atoms with Crippen molar-refractivity contribution in [3.8, 4) is 0 Å². The number of thiazole rings is 1. The van der Waals surface area contributed by atoms with Crippen molar-refractivity contribution in [1.29, 1.82) is 0 Å². The number of aryl methyl sites for hydroxylation is 2. The lowest BCUT2D eigenvalue weighted by molar-refractivity contribution is -0.111. The minimum Gasteiger partial charge on any atom is -0.298 e. The van der Waals surface area contributed by atoms with Crippen LogP contribution < -0.4 is 5.32 Å². The molecule has 0 bridgehead atoms. The maximum absolute atomic E-state index is 13.4. The van der Waals surface area contributed by atoms with Crippen molar-refractivity contribution in [2.45, 2.75) is 13.8 Å². The highest BCUT2D eigenvalue weighted by molar-refractivity contribution is 7.15. The molecule has 1 amide bonds. The van der Waals surface area contributed by atoms with Crippen LogP contribution >= 0.6 is 11.3 Å². The molecule has 3 nitrogen and oxygen atoms in total. The Kier molecular flexibility index (Phi) is 4.24. The Labute approximate surface area is 119 Å². The largest absolute Gasteiger partial charge is 0.298 e. The van der Waals surface area contributed by atoms with E-state index in [0.29, 0.717) is 5.13 Å². The van der Waals surface area contributed by atoms with E-state index in [1.165, 1.54) is 17.4 Å². The van der Waals surface area contributed by atoms with Crippen LogP contribution in [0.25, 0.3) is 6.08 Å². The number of nitrogens with one attached hydrogen (secondary N) is 1. The molecule has 0 aliphatic rings. The van der Waals surface area contributed by atoms with Crippen LogP contribution in [0.5, 0.6) is 0 Å². The molecule has 2 rings (SSSR count). The van der Waals surface area contributed by atoms with Gasteiger partial charge in [0.25, 0.3) is 0 Å². The van der Waals surface area contributed by atoms with Crippen molar-refractivity contribution in [1.82, 2.24) is 4.98 Å². The number of carbonyl (C=O) groups excluding carboxylic acids is 1. The monoisotopic (exact) mass is 294 g/mol. The second-order valence-corrected chi connectivity index (χ2v) is 5.32. The number of anilines is 1. The molecule has 0 aliphatic carbocycles. The van der Waals surface area contributed by atoms with Crippen LogP contribution in [0.3, 0.4) is 0 Å². The zero-order chi connectivity index (χ0) is 14.7. The molecule has 1 aromatic carbocycles. The van der Waals surface area contributed by atoms with Crippen molar-refractivity contribution in [3.05, 3.63) is 52.0 Å². The number of nitrogens with zero attached hydrogens (tertiary/aromatic N) is 1. The van der Waals surface area contributed by atoms with Gasteiger partial charge in [-0.25, -0.2) is 13.8 Å². The van der Waals surface area contributed by atoms with Gasteiger partial charge in [0.1, 0.15) is 11.6 Å². The van der Waals surface area contributed by atoms with Gasteiger partial charge in [0, 0.05) is 16.5 Å². The highest BCUT2D eigenvalue weighted by Crippen LogP contribution is 2.21. The zero-order valence-corrected chi connectivity index (χ0v) is 11.7. The summed E-state index contributed by atoms with van der Waals surface area (Å²) in [5, 5.41) is 3.01. The van der Waals surface area contributed by atoms with E-state index in [-0.39, 0.29) is 5.56 Å². The number of halogens is 2. The highest BCUT2D eigenvalue weighted by Gasteiger charge is 2.07. The first-order chi connectivity index (χ1) is 9.47. The van der Waals surface area contributed by atoms with Gasteiger partial charge >= 0.3 is 0 Å². The van der Waals surface area contributed by atoms with Crippen LogP contribution in [-0.2, 0) is 4.79 Å². The lowest BCUT2D eigenvalue weighted by Gasteiger charge is -1.99. The molecule has 104 valence electrons. The summed E-state index contributed by atoms with van der Waals surface area (Å²) < 4.78 is 26.7. The van der Waals surface area contributed by atoms with Crippen LogP contribution in [0.15, 0.2) is 24.3 Å². The molecule has 0 atom stereocenters. The van der Waals surface area contributed by atoms with Crippen LogP contribution in [-0.4, -0.2) is 10.9 Å². The first-order valence-electron chi connectivity index (χ1n) is 5.84. The molecular weight excluding hydrogens is 282 g/mol. The quantitative estimate of drug-likeness (QED) is 0.877. The molecule has 0 unspecified atom stereocenters. The summed E-state index contributed by atoms with van der Waals surface area (Å²) in [6, 6.07) is 3.53. The first-order valence-corrected chi connectivity index (χ1v) is 6.66. The fourth-order valence-electron chi connectivity index (χ4n) is 1.50. The molecule has 0 radical (unpaired) electrons.